The monoisotopic (exact) mass is 211 g/mol. The number of aliphatic imine (C=N–C) groups is 1. The second-order valence-corrected chi connectivity index (χ2v) is 4.33. The van der Waals surface area contributed by atoms with Crippen molar-refractivity contribution in [2.75, 3.05) is 13.6 Å². The standard InChI is InChI=1S/C12H25N3/c1-3-4-7-10-14-12(13-2)15-11-8-5-6-9-11/h11H,3-10H2,1-2H3,(H2,13,14,15). The molecule has 0 radical (unpaired) electrons. The van der Waals surface area contributed by atoms with Gasteiger partial charge >= 0.3 is 0 Å². The van der Waals surface area contributed by atoms with E-state index >= 15 is 0 Å². The first kappa shape index (κ1) is 12.3. The van der Waals surface area contributed by atoms with Gasteiger partial charge in [-0.3, -0.25) is 4.99 Å². The van der Waals surface area contributed by atoms with Crippen LogP contribution in [-0.2, 0) is 0 Å². The molecule has 88 valence electrons. The van der Waals surface area contributed by atoms with Crippen LogP contribution >= 0.6 is 0 Å². The highest BCUT2D eigenvalue weighted by Gasteiger charge is 2.15. The van der Waals surface area contributed by atoms with Gasteiger partial charge in [-0.2, -0.15) is 0 Å². The van der Waals surface area contributed by atoms with Crippen LogP contribution in [0.5, 0.6) is 0 Å². The van der Waals surface area contributed by atoms with Gasteiger partial charge in [-0.25, -0.2) is 0 Å². The summed E-state index contributed by atoms with van der Waals surface area (Å²) in [5, 5.41) is 6.85. The normalized spacial score (nSPS) is 18.1. The van der Waals surface area contributed by atoms with Crippen LogP contribution in [0.4, 0.5) is 0 Å². The summed E-state index contributed by atoms with van der Waals surface area (Å²) in [6.45, 7) is 3.27. The van der Waals surface area contributed by atoms with Crippen molar-refractivity contribution in [3.05, 3.63) is 0 Å². The Balaban J connectivity index is 2.12. The maximum Gasteiger partial charge on any atom is 0.191 e. The minimum absolute atomic E-state index is 0.655. The van der Waals surface area contributed by atoms with Crippen LogP contribution in [0.25, 0.3) is 0 Å². The molecule has 3 heteroatoms. The molecule has 1 fully saturated rings. The van der Waals surface area contributed by atoms with Gasteiger partial charge in [0.1, 0.15) is 0 Å². The summed E-state index contributed by atoms with van der Waals surface area (Å²) in [5.74, 6) is 0.984. The zero-order valence-corrected chi connectivity index (χ0v) is 10.2. The third-order valence-electron chi connectivity index (χ3n) is 2.99. The first-order valence-electron chi connectivity index (χ1n) is 6.34. The molecular weight excluding hydrogens is 186 g/mol. The minimum atomic E-state index is 0.655. The van der Waals surface area contributed by atoms with Gasteiger partial charge in [-0.15, -0.1) is 0 Å². The zero-order chi connectivity index (χ0) is 10.9. The SMILES string of the molecule is CCCCCNC(=NC)NC1CCCC1. The zero-order valence-electron chi connectivity index (χ0n) is 10.2. The fraction of sp³-hybridized carbons (Fsp3) is 0.917. The van der Waals surface area contributed by atoms with Crippen molar-refractivity contribution in [1.82, 2.24) is 10.6 Å². The molecule has 1 rings (SSSR count). The van der Waals surface area contributed by atoms with Gasteiger partial charge in [0, 0.05) is 19.6 Å². The Morgan fingerprint density at radius 1 is 1.27 bits per heavy atom. The van der Waals surface area contributed by atoms with Crippen molar-refractivity contribution >= 4 is 5.96 Å². The summed E-state index contributed by atoms with van der Waals surface area (Å²) in [7, 11) is 1.85. The summed E-state index contributed by atoms with van der Waals surface area (Å²) < 4.78 is 0. The maximum atomic E-state index is 4.24. The van der Waals surface area contributed by atoms with Crippen molar-refractivity contribution < 1.29 is 0 Å². The smallest absolute Gasteiger partial charge is 0.191 e. The first-order valence-corrected chi connectivity index (χ1v) is 6.34. The summed E-state index contributed by atoms with van der Waals surface area (Å²) in [5.41, 5.74) is 0. The minimum Gasteiger partial charge on any atom is -0.356 e. The molecule has 0 heterocycles. The molecule has 0 aliphatic heterocycles. The van der Waals surface area contributed by atoms with Crippen molar-refractivity contribution in [3.8, 4) is 0 Å². The van der Waals surface area contributed by atoms with Crippen molar-refractivity contribution in [2.45, 2.75) is 57.9 Å². The summed E-state index contributed by atoms with van der Waals surface area (Å²) in [6, 6.07) is 0.655. The van der Waals surface area contributed by atoms with Crippen LogP contribution in [0, 0.1) is 0 Å². The predicted molar refractivity (Wildman–Crippen MR) is 66.3 cm³/mol. The molecule has 0 unspecified atom stereocenters. The molecule has 0 saturated heterocycles. The third kappa shape index (κ3) is 5.05. The molecular formula is C12H25N3. The Morgan fingerprint density at radius 3 is 2.60 bits per heavy atom. The van der Waals surface area contributed by atoms with Crippen LogP contribution in [-0.4, -0.2) is 25.6 Å². The average Bonchev–Trinajstić information content (AvgIpc) is 2.75. The highest BCUT2D eigenvalue weighted by Crippen LogP contribution is 2.17. The number of rotatable bonds is 5. The Bertz CT molecular complexity index is 183. The number of nitrogens with one attached hydrogen (secondary N) is 2. The number of hydrogen-bond acceptors (Lipinski definition) is 1. The Hall–Kier alpha value is -0.730. The molecule has 0 amide bonds. The second kappa shape index (κ2) is 7.55. The second-order valence-electron chi connectivity index (χ2n) is 4.33. The van der Waals surface area contributed by atoms with E-state index in [2.05, 4.69) is 22.5 Å². The molecule has 0 bridgehead atoms. The first-order chi connectivity index (χ1) is 7.36. The number of hydrogen-bond donors (Lipinski definition) is 2. The molecule has 0 aromatic rings. The summed E-state index contributed by atoms with van der Waals surface area (Å²) in [6.07, 6.45) is 9.14. The van der Waals surface area contributed by atoms with Crippen molar-refractivity contribution in [2.24, 2.45) is 4.99 Å². The quantitative estimate of drug-likeness (QED) is 0.416. The average molecular weight is 211 g/mol. The van der Waals surface area contributed by atoms with Crippen LogP contribution in [0.2, 0.25) is 0 Å². The van der Waals surface area contributed by atoms with Crippen LogP contribution in [0.3, 0.4) is 0 Å². The molecule has 3 nitrogen and oxygen atoms in total. The molecule has 0 atom stereocenters. The number of guanidine groups is 1. The molecule has 0 aromatic heterocycles. The largest absolute Gasteiger partial charge is 0.356 e. The van der Waals surface area contributed by atoms with E-state index in [0.29, 0.717) is 6.04 Å². The van der Waals surface area contributed by atoms with Gasteiger partial charge in [0.25, 0.3) is 0 Å². The molecule has 1 saturated carbocycles. The molecule has 1 aliphatic rings. The lowest BCUT2D eigenvalue weighted by Gasteiger charge is -2.16. The molecule has 2 N–H and O–H groups in total. The number of unbranched alkanes of at least 4 members (excludes halogenated alkanes) is 2. The topological polar surface area (TPSA) is 36.4 Å². The van der Waals surface area contributed by atoms with Crippen molar-refractivity contribution in [1.29, 1.82) is 0 Å². The molecule has 15 heavy (non-hydrogen) atoms. The van der Waals surface area contributed by atoms with E-state index in [1.54, 1.807) is 0 Å². The Morgan fingerprint density at radius 2 is 2.00 bits per heavy atom. The van der Waals surface area contributed by atoms with Crippen LogP contribution < -0.4 is 10.6 Å². The lowest BCUT2D eigenvalue weighted by molar-refractivity contribution is 0.606. The molecule has 0 spiro atoms. The van der Waals surface area contributed by atoms with Gasteiger partial charge in [0.05, 0.1) is 0 Å². The van der Waals surface area contributed by atoms with Gasteiger partial charge in [0.15, 0.2) is 5.96 Å². The highest BCUT2D eigenvalue weighted by atomic mass is 15.2. The van der Waals surface area contributed by atoms with E-state index in [1.165, 1.54) is 44.9 Å². The third-order valence-corrected chi connectivity index (χ3v) is 2.99. The van der Waals surface area contributed by atoms with E-state index in [1.807, 2.05) is 7.05 Å². The lowest BCUT2D eigenvalue weighted by Crippen LogP contribution is -2.42. The lowest BCUT2D eigenvalue weighted by atomic mass is 10.2. The van der Waals surface area contributed by atoms with Crippen LogP contribution in [0.15, 0.2) is 4.99 Å². The predicted octanol–water partition coefficient (Wildman–Crippen LogP) is 2.28. The van der Waals surface area contributed by atoms with E-state index in [9.17, 15) is 0 Å². The fourth-order valence-corrected chi connectivity index (χ4v) is 2.04. The van der Waals surface area contributed by atoms with Gasteiger partial charge in [-0.05, 0) is 19.3 Å². The van der Waals surface area contributed by atoms with E-state index in [0.717, 1.165) is 12.5 Å². The van der Waals surface area contributed by atoms with E-state index in [4.69, 9.17) is 0 Å². The van der Waals surface area contributed by atoms with Crippen molar-refractivity contribution in [3.63, 3.8) is 0 Å². The maximum absolute atomic E-state index is 4.24. The van der Waals surface area contributed by atoms with Crippen LogP contribution in [0.1, 0.15) is 51.9 Å². The Kier molecular flexibility index (Phi) is 6.21. The summed E-state index contributed by atoms with van der Waals surface area (Å²) >= 11 is 0. The molecule has 0 aromatic carbocycles. The van der Waals surface area contributed by atoms with E-state index < -0.39 is 0 Å². The Labute approximate surface area is 93.7 Å². The van der Waals surface area contributed by atoms with Gasteiger partial charge < -0.3 is 10.6 Å². The van der Waals surface area contributed by atoms with Gasteiger partial charge in [0.2, 0.25) is 0 Å². The van der Waals surface area contributed by atoms with Gasteiger partial charge in [-0.1, -0.05) is 32.6 Å². The molecule has 1 aliphatic carbocycles. The number of nitrogens with zero attached hydrogens (tertiary/aromatic N) is 1. The highest BCUT2D eigenvalue weighted by molar-refractivity contribution is 5.79. The fourth-order valence-electron chi connectivity index (χ4n) is 2.04. The van der Waals surface area contributed by atoms with E-state index in [-0.39, 0.29) is 0 Å². The summed E-state index contributed by atoms with van der Waals surface area (Å²) in [4.78, 5) is 4.24.